The second kappa shape index (κ2) is 6.37. The highest BCUT2D eigenvalue weighted by Crippen LogP contribution is 2.30. The number of rotatable bonds is 3. The number of carbonyl (C=O) groups is 1. The minimum atomic E-state index is -4.38. The lowest BCUT2D eigenvalue weighted by Gasteiger charge is -2.29. The molecule has 0 aromatic heterocycles. The molecule has 0 spiro atoms. The van der Waals surface area contributed by atoms with Gasteiger partial charge >= 0.3 is 6.18 Å². The van der Waals surface area contributed by atoms with Gasteiger partial charge in [-0.25, -0.2) is 0 Å². The van der Waals surface area contributed by atoms with Gasteiger partial charge in [-0.2, -0.15) is 13.2 Å². The maximum absolute atomic E-state index is 12.7. The molecule has 21 heavy (non-hydrogen) atoms. The number of nitrogens with one attached hydrogen (secondary N) is 1. The molecule has 1 fully saturated rings. The van der Waals surface area contributed by atoms with Gasteiger partial charge in [-0.1, -0.05) is 6.07 Å². The summed E-state index contributed by atoms with van der Waals surface area (Å²) >= 11 is 0. The van der Waals surface area contributed by atoms with E-state index in [4.69, 9.17) is 0 Å². The van der Waals surface area contributed by atoms with E-state index in [9.17, 15) is 18.0 Å². The van der Waals surface area contributed by atoms with Crippen molar-refractivity contribution >= 4 is 11.6 Å². The monoisotopic (exact) mass is 300 g/mol. The van der Waals surface area contributed by atoms with Crippen LogP contribution in [0.15, 0.2) is 24.3 Å². The molecule has 116 valence electrons. The van der Waals surface area contributed by atoms with E-state index in [2.05, 4.69) is 5.32 Å². The molecular formula is C15H19F3N2O. The van der Waals surface area contributed by atoms with Gasteiger partial charge in [-0.3, -0.25) is 4.79 Å². The quantitative estimate of drug-likeness (QED) is 0.926. The van der Waals surface area contributed by atoms with Crippen LogP contribution in [0.5, 0.6) is 0 Å². The molecule has 1 saturated heterocycles. The van der Waals surface area contributed by atoms with Gasteiger partial charge in [0.25, 0.3) is 0 Å². The number of hydrogen-bond acceptors (Lipinski definition) is 2. The first-order chi connectivity index (χ1) is 9.88. The zero-order valence-electron chi connectivity index (χ0n) is 11.9. The number of amides is 1. The molecule has 1 heterocycles. The van der Waals surface area contributed by atoms with Gasteiger partial charge in [-0.05, 0) is 44.4 Å². The molecule has 0 aliphatic carbocycles. The molecule has 3 nitrogen and oxygen atoms in total. The highest BCUT2D eigenvalue weighted by atomic mass is 19.4. The molecular weight excluding hydrogens is 281 g/mol. The average Bonchev–Trinajstić information content (AvgIpc) is 2.47. The Bertz CT molecular complexity index is 496. The molecule has 1 aliphatic heterocycles. The second-order valence-electron chi connectivity index (χ2n) is 5.33. The third kappa shape index (κ3) is 4.12. The van der Waals surface area contributed by atoms with Crippen LogP contribution in [0.3, 0.4) is 0 Å². The highest BCUT2D eigenvalue weighted by molar-refractivity contribution is 5.84. The van der Waals surface area contributed by atoms with Crippen LogP contribution in [-0.4, -0.2) is 29.9 Å². The zero-order chi connectivity index (χ0) is 15.5. The smallest absolute Gasteiger partial charge is 0.374 e. The van der Waals surface area contributed by atoms with Crippen LogP contribution in [0.2, 0.25) is 0 Å². The lowest BCUT2D eigenvalue weighted by molar-refractivity contribution is -0.137. The van der Waals surface area contributed by atoms with Crippen LogP contribution in [-0.2, 0) is 11.0 Å². The van der Waals surface area contributed by atoms with E-state index in [1.165, 1.54) is 12.1 Å². The Hall–Kier alpha value is -1.72. The molecule has 2 rings (SSSR count). The fourth-order valence-corrected chi connectivity index (χ4v) is 2.49. The van der Waals surface area contributed by atoms with Crippen molar-refractivity contribution < 1.29 is 18.0 Å². The molecule has 6 heteroatoms. The summed E-state index contributed by atoms with van der Waals surface area (Å²) in [6.45, 7) is 3.14. The maximum Gasteiger partial charge on any atom is 0.416 e. The predicted molar refractivity (Wildman–Crippen MR) is 75.0 cm³/mol. The average molecular weight is 300 g/mol. The van der Waals surface area contributed by atoms with E-state index < -0.39 is 17.8 Å². The summed E-state index contributed by atoms with van der Waals surface area (Å²) in [4.78, 5) is 14.0. The molecule has 1 aromatic rings. The van der Waals surface area contributed by atoms with Crippen molar-refractivity contribution in [3.63, 3.8) is 0 Å². The number of likely N-dealkylation sites (tertiary alicyclic amines) is 1. The highest BCUT2D eigenvalue weighted by Gasteiger charge is 2.30. The second-order valence-corrected chi connectivity index (χ2v) is 5.33. The van der Waals surface area contributed by atoms with Gasteiger partial charge in [-0.15, -0.1) is 0 Å². The third-order valence-corrected chi connectivity index (χ3v) is 3.61. The van der Waals surface area contributed by atoms with Crippen LogP contribution in [0.4, 0.5) is 18.9 Å². The van der Waals surface area contributed by atoms with Crippen LogP contribution in [0.1, 0.15) is 31.7 Å². The molecule has 1 aromatic carbocycles. The summed E-state index contributed by atoms with van der Waals surface area (Å²) in [6, 6.07) is 4.38. The van der Waals surface area contributed by atoms with E-state index in [1.807, 2.05) is 0 Å². The predicted octanol–water partition coefficient (Wildman–Crippen LogP) is 3.52. The molecule has 0 bridgehead atoms. The molecule has 0 radical (unpaired) electrons. The van der Waals surface area contributed by atoms with Gasteiger partial charge < -0.3 is 10.2 Å². The maximum atomic E-state index is 12.7. The number of halogens is 3. The first-order valence-electron chi connectivity index (χ1n) is 7.10. The minimum absolute atomic E-state index is 0.0629. The van der Waals surface area contributed by atoms with Gasteiger partial charge in [0.2, 0.25) is 5.91 Å². The van der Waals surface area contributed by atoms with E-state index in [0.29, 0.717) is 5.69 Å². The third-order valence-electron chi connectivity index (χ3n) is 3.61. The Balaban J connectivity index is 2.02. The number of carbonyl (C=O) groups excluding carboxylic acids is 1. The van der Waals surface area contributed by atoms with Crippen LogP contribution in [0.25, 0.3) is 0 Å². The van der Waals surface area contributed by atoms with Gasteiger partial charge in [0, 0.05) is 18.8 Å². The largest absolute Gasteiger partial charge is 0.416 e. The summed E-state index contributed by atoms with van der Waals surface area (Å²) in [5.74, 6) is -0.0629. The van der Waals surface area contributed by atoms with Crippen LogP contribution in [0, 0.1) is 0 Å². The minimum Gasteiger partial charge on any atom is -0.374 e. The summed E-state index contributed by atoms with van der Waals surface area (Å²) in [6.07, 6.45) is -1.28. The van der Waals surface area contributed by atoms with E-state index >= 15 is 0 Å². The van der Waals surface area contributed by atoms with Gasteiger partial charge in [0.1, 0.15) is 6.04 Å². The molecule has 1 aliphatic rings. The lowest BCUT2D eigenvalue weighted by atomic mass is 10.1. The van der Waals surface area contributed by atoms with E-state index in [1.54, 1.807) is 11.8 Å². The Morgan fingerprint density at radius 3 is 2.52 bits per heavy atom. The SMILES string of the molecule is CC(Nc1cccc(C(F)(F)F)c1)C(=O)N1CCCCC1. The van der Waals surface area contributed by atoms with E-state index in [0.717, 1.165) is 44.5 Å². The fraction of sp³-hybridized carbons (Fsp3) is 0.533. The summed E-state index contributed by atoms with van der Waals surface area (Å²) < 4.78 is 38.0. The number of hydrogen-bond donors (Lipinski definition) is 1. The van der Waals surface area contributed by atoms with E-state index in [-0.39, 0.29) is 5.91 Å². The van der Waals surface area contributed by atoms with Crippen LogP contribution >= 0.6 is 0 Å². The summed E-state index contributed by atoms with van der Waals surface area (Å²) in [7, 11) is 0. The molecule has 0 saturated carbocycles. The molecule has 1 atom stereocenters. The first-order valence-corrected chi connectivity index (χ1v) is 7.10. The van der Waals surface area contributed by atoms with Crippen molar-refractivity contribution in [2.75, 3.05) is 18.4 Å². The van der Waals surface area contributed by atoms with Crippen molar-refractivity contribution in [2.24, 2.45) is 0 Å². The number of piperidine rings is 1. The molecule has 1 unspecified atom stereocenters. The van der Waals surface area contributed by atoms with Crippen LogP contribution < -0.4 is 5.32 Å². The number of alkyl halides is 3. The zero-order valence-corrected chi connectivity index (χ0v) is 11.9. The van der Waals surface area contributed by atoms with Gasteiger partial charge in [0.15, 0.2) is 0 Å². The molecule has 1 N–H and O–H groups in total. The first kappa shape index (κ1) is 15.7. The summed E-state index contributed by atoms with van der Waals surface area (Å²) in [5, 5.41) is 2.86. The fourth-order valence-electron chi connectivity index (χ4n) is 2.49. The van der Waals surface area contributed by atoms with Crippen molar-refractivity contribution in [3.05, 3.63) is 29.8 Å². The number of nitrogens with zero attached hydrogens (tertiary/aromatic N) is 1. The topological polar surface area (TPSA) is 32.3 Å². The van der Waals surface area contributed by atoms with Gasteiger partial charge in [0.05, 0.1) is 5.56 Å². The Morgan fingerprint density at radius 1 is 1.24 bits per heavy atom. The number of anilines is 1. The lowest BCUT2D eigenvalue weighted by Crippen LogP contribution is -2.43. The van der Waals surface area contributed by atoms with Crippen molar-refractivity contribution in [1.29, 1.82) is 0 Å². The Labute approximate surface area is 122 Å². The van der Waals surface area contributed by atoms with Crippen molar-refractivity contribution in [1.82, 2.24) is 4.90 Å². The van der Waals surface area contributed by atoms with Crippen molar-refractivity contribution in [2.45, 2.75) is 38.4 Å². The summed E-state index contributed by atoms with van der Waals surface area (Å²) in [5.41, 5.74) is -0.409. The Morgan fingerprint density at radius 2 is 1.90 bits per heavy atom. The Kier molecular flexibility index (Phi) is 4.75. The van der Waals surface area contributed by atoms with Crippen molar-refractivity contribution in [3.8, 4) is 0 Å². The molecule has 1 amide bonds. The standard InChI is InChI=1S/C15H19F3N2O/c1-11(14(21)20-8-3-2-4-9-20)19-13-7-5-6-12(10-13)15(16,17)18/h5-7,10-11,19H,2-4,8-9H2,1H3. The normalized spacial score (nSPS) is 17.4. The number of benzene rings is 1.